The Labute approximate surface area is 90.8 Å². The van der Waals surface area contributed by atoms with Gasteiger partial charge in [0.2, 0.25) is 0 Å². The largest absolute Gasteiger partial charge is 0.378 e. The molecule has 1 saturated heterocycles. The van der Waals surface area contributed by atoms with Crippen molar-refractivity contribution in [1.29, 1.82) is 0 Å². The molecular formula is C12H18N2O. The van der Waals surface area contributed by atoms with Crippen LogP contribution in [-0.2, 0) is 11.3 Å². The van der Waals surface area contributed by atoms with Crippen molar-refractivity contribution in [2.45, 2.75) is 12.6 Å². The minimum atomic E-state index is 0.149. The molecule has 0 aromatic heterocycles. The molecule has 1 unspecified atom stereocenters. The SMILES string of the molecule is NC1COCCN(Cc2ccccc2)C1. The minimum Gasteiger partial charge on any atom is -0.378 e. The Morgan fingerprint density at radius 2 is 2.13 bits per heavy atom. The third-order valence-corrected chi connectivity index (χ3v) is 2.63. The van der Waals surface area contributed by atoms with Gasteiger partial charge in [0.05, 0.1) is 13.2 Å². The lowest BCUT2D eigenvalue weighted by Crippen LogP contribution is -2.37. The molecule has 3 heteroatoms. The van der Waals surface area contributed by atoms with Crippen LogP contribution in [0.15, 0.2) is 30.3 Å². The zero-order valence-electron chi connectivity index (χ0n) is 8.93. The molecule has 0 bridgehead atoms. The van der Waals surface area contributed by atoms with Crippen molar-refractivity contribution in [2.75, 3.05) is 26.3 Å². The molecule has 1 aromatic rings. The van der Waals surface area contributed by atoms with E-state index in [2.05, 4.69) is 29.2 Å². The van der Waals surface area contributed by atoms with Crippen LogP contribution in [0.2, 0.25) is 0 Å². The molecule has 0 spiro atoms. The lowest BCUT2D eigenvalue weighted by Gasteiger charge is -2.21. The smallest absolute Gasteiger partial charge is 0.0630 e. The van der Waals surface area contributed by atoms with Crippen molar-refractivity contribution >= 4 is 0 Å². The summed E-state index contributed by atoms with van der Waals surface area (Å²) >= 11 is 0. The standard InChI is InChI=1S/C12H18N2O/c13-12-9-14(6-7-15-10-12)8-11-4-2-1-3-5-11/h1-5,12H,6-10,13H2. The van der Waals surface area contributed by atoms with Gasteiger partial charge >= 0.3 is 0 Å². The quantitative estimate of drug-likeness (QED) is 0.779. The molecule has 0 saturated carbocycles. The molecule has 1 aliphatic rings. The summed E-state index contributed by atoms with van der Waals surface area (Å²) in [5.74, 6) is 0. The molecule has 0 radical (unpaired) electrons. The van der Waals surface area contributed by atoms with Gasteiger partial charge in [-0.3, -0.25) is 4.90 Å². The average molecular weight is 206 g/mol. The van der Waals surface area contributed by atoms with E-state index in [4.69, 9.17) is 10.5 Å². The Hall–Kier alpha value is -0.900. The van der Waals surface area contributed by atoms with Gasteiger partial charge in [0.1, 0.15) is 0 Å². The van der Waals surface area contributed by atoms with E-state index in [9.17, 15) is 0 Å². The third-order valence-electron chi connectivity index (χ3n) is 2.63. The van der Waals surface area contributed by atoms with Crippen LogP contribution in [0.1, 0.15) is 5.56 Å². The van der Waals surface area contributed by atoms with Crippen molar-refractivity contribution in [3.63, 3.8) is 0 Å². The zero-order chi connectivity index (χ0) is 10.5. The third kappa shape index (κ3) is 3.30. The van der Waals surface area contributed by atoms with Gasteiger partial charge in [0.25, 0.3) is 0 Å². The highest BCUT2D eigenvalue weighted by Gasteiger charge is 2.14. The number of hydrogen-bond acceptors (Lipinski definition) is 3. The summed E-state index contributed by atoms with van der Waals surface area (Å²) in [4.78, 5) is 2.35. The van der Waals surface area contributed by atoms with Crippen LogP contribution >= 0.6 is 0 Å². The first-order chi connectivity index (χ1) is 7.34. The van der Waals surface area contributed by atoms with E-state index >= 15 is 0 Å². The molecule has 1 fully saturated rings. The van der Waals surface area contributed by atoms with Crippen LogP contribution in [0.4, 0.5) is 0 Å². The van der Waals surface area contributed by atoms with Gasteiger partial charge < -0.3 is 10.5 Å². The van der Waals surface area contributed by atoms with Crippen molar-refractivity contribution in [3.05, 3.63) is 35.9 Å². The molecule has 2 rings (SSSR count). The van der Waals surface area contributed by atoms with E-state index in [1.54, 1.807) is 0 Å². The fraction of sp³-hybridized carbons (Fsp3) is 0.500. The number of ether oxygens (including phenoxy) is 1. The summed E-state index contributed by atoms with van der Waals surface area (Å²) in [5, 5.41) is 0. The van der Waals surface area contributed by atoms with Gasteiger partial charge in [-0.1, -0.05) is 30.3 Å². The molecule has 0 aliphatic carbocycles. The lowest BCUT2D eigenvalue weighted by atomic mass is 10.2. The Morgan fingerprint density at radius 3 is 2.93 bits per heavy atom. The average Bonchev–Trinajstić information content (AvgIpc) is 2.44. The summed E-state index contributed by atoms with van der Waals surface area (Å²) in [6, 6.07) is 10.6. The van der Waals surface area contributed by atoms with E-state index in [0.29, 0.717) is 6.61 Å². The zero-order valence-corrected chi connectivity index (χ0v) is 8.93. The highest BCUT2D eigenvalue weighted by atomic mass is 16.5. The number of nitrogens with two attached hydrogens (primary N) is 1. The first-order valence-electron chi connectivity index (χ1n) is 5.44. The molecule has 1 aliphatic heterocycles. The van der Waals surface area contributed by atoms with Gasteiger partial charge in [-0.25, -0.2) is 0 Å². The topological polar surface area (TPSA) is 38.5 Å². The second kappa shape index (κ2) is 5.26. The maximum atomic E-state index is 5.91. The molecular weight excluding hydrogens is 188 g/mol. The maximum Gasteiger partial charge on any atom is 0.0630 e. The van der Waals surface area contributed by atoms with Gasteiger partial charge in [0.15, 0.2) is 0 Å². The second-order valence-corrected chi connectivity index (χ2v) is 4.06. The number of nitrogens with zero attached hydrogens (tertiary/aromatic N) is 1. The molecule has 2 N–H and O–H groups in total. The van der Waals surface area contributed by atoms with Crippen molar-refractivity contribution in [1.82, 2.24) is 4.90 Å². The van der Waals surface area contributed by atoms with Gasteiger partial charge in [0, 0.05) is 25.7 Å². The highest BCUT2D eigenvalue weighted by molar-refractivity contribution is 5.14. The minimum absolute atomic E-state index is 0.149. The monoisotopic (exact) mass is 206 g/mol. The summed E-state index contributed by atoms with van der Waals surface area (Å²) in [6.07, 6.45) is 0. The Morgan fingerprint density at radius 1 is 1.33 bits per heavy atom. The number of hydrogen-bond donors (Lipinski definition) is 1. The van der Waals surface area contributed by atoms with Crippen LogP contribution in [-0.4, -0.2) is 37.2 Å². The van der Waals surface area contributed by atoms with E-state index in [-0.39, 0.29) is 6.04 Å². The molecule has 3 nitrogen and oxygen atoms in total. The predicted molar refractivity (Wildman–Crippen MR) is 60.5 cm³/mol. The number of benzene rings is 1. The highest BCUT2D eigenvalue weighted by Crippen LogP contribution is 2.06. The normalized spacial score (nSPS) is 23.7. The van der Waals surface area contributed by atoms with E-state index < -0.39 is 0 Å². The first-order valence-corrected chi connectivity index (χ1v) is 5.44. The molecule has 0 amide bonds. The fourth-order valence-corrected chi connectivity index (χ4v) is 1.89. The van der Waals surface area contributed by atoms with Gasteiger partial charge in [-0.15, -0.1) is 0 Å². The van der Waals surface area contributed by atoms with Crippen molar-refractivity contribution in [2.24, 2.45) is 5.73 Å². The molecule has 15 heavy (non-hydrogen) atoms. The van der Waals surface area contributed by atoms with Crippen LogP contribution in [0.3, 0.4) is 0 Å². The Balaban J connectivity index is 1.93. The Kier molecular flexibility index (Phi) is 3.72. The van der Waals surface area contributed by atoms with Gasteiger partial charge in [-0.2, -0.15) is 0 Å². The fourth-order valence-electron chi connectivity index (χ4n) is 1.89. The summed E-state index contributed by atoms with van der Waals surface area (Å²) < 4.78 is 5.41. The number of rotatable bonds is 2. The van der Waals surface area contributed by atoms with Gasteiger partial charge in [-0.05, 0) is 5.56 Å². The van der Waals surface area contributed by atoms with Crippen molar-refractivity contribution in [3.8, 4) is 0 Å². The van der Waals surface area contributed by atoms with E-state index in [1.165, 1.54) is 5.56 Å². The molecule has 1 atom stereocenters. The van der Waals surface area contributed by atoms with Crippen LogP contribution in [0.25, 0.3) is 0 Å². The van der Waals surface area contributed by atoms with Crippen LogP contribution < -0.4 is 5.73 Å². The van der Waals surface area contributed by atoms with Crippen molar-refractivity contribution < 1.29 is 4.74 Å². The molecule has 82 valence electrons. The molecule has 1 aromatic carbocycles. The van der Waals surface area contributed by atoms with E-state index in [1.807, 2.05) is 6.07 Å². The summed E-state index contributed by atoms with van der Waals surface area (Å²) in [5.41, 5.74) is 7.25. The lowest BCUT2D eigenvalue weighted by molar-refractivity contribution is 0.135. The summed E-state index contributed by atoms with van der Waals surface area (Å²) in [7, 11) is 0. The van der Waals surface area contributed by atoms with Crippen LogP contribution in [0, 0.1) is 0 Å². The Bertz CT molecular complexity index is 289. The maximum absolute atomic E-state index is 5.91. The first kappa shape index (κ1) is 10.6. The predicted octanol–water partition coefficient (Wildman–Crippen LogP) is 0.846. The van der Waals surface area contributed by atoms with E-state index in [0.717, 1.165) is 26.2 Å². The van der Waals surface area contributed by atoms with Crippen LogP contribution in [0.5, 0.6) is 0 Å². The molecule has 1 heterocycles. The second-order valence-electron chi connectivity index (χ2n) is 4.06. The summed E-state index contributed by atoms with van der Waals surface area (Å²) in [6.45, 7) is 4.35.